The Bertz CT molecular complexity index is 1230. The van der Waals surface area contributed by atoms with Crippen LogP contribution in [0.4, 0.5) is 5.69 Å². The first-order valence-corrected chi connectivity index (χ1v) is 12.4. The lowest BCUT2D eigenvalue weighted by molar-refractivity contribution is -0.120. The molecule has 1 aliphatic carbocycles. The van der Waals surface area contributed by atoms with Gasteiger partial charge in [-0.2, -0.15) is 0 Å². The van der Waals surface area contributed by atoms with Crippen LogP contribution in [-0.4, -0.2) is 20.9 Å². The zero-order valence-corrected chi connectivity index (χ0v) is 19.4. The third-order valence-corrected chi connectivity index (χ3v) is 7.83. The van der Waals surface area contributed by atoms with Crippen molar-refractivity contribution in [1.29, 1.82) is 0 Å². The summed E-state index contributed by atoms with van der Waals surface area (Å²) in [5, 5.41) is 3.20. The Morgan fingerprint density at radius 2 is 1.69 bits per heavy atom. The molecule has 32 heavy (non-hydrogen) atoms. The van der Waals surface area contributed by atoms with Gasteiger partial charge in [-0.05, 0) is 67.1 Å². The third-order valence-electron chi connectivity index (χ3n) is 5.74. The average Bonchev–Trinajstić information content (AvgIpc) is 3.26. The van der Waals surface area contributed by atoms with Gasteiger partial charge in [-0.1, -0.05) is 60.1 Å². The summed E-state index contributed by atoms with van der Waals surface area (Å²) < 4.78 is 27.8. The van der Waals surface area contributed by atoms with Crippen LogP contribution in [0.3, 0.4) is 0 Å². The van der Waals surface area contributed by atoms with Crippen molar-refractivity contribution in [2.45, 2.75) is 37.1 Å². The van der Waals surface area contributed by atoms with Crippen molar-refractivity contribution in [1.82, 2.24) is 5.32 Å². The molecule has 0 fully saturated rings. The Morgan fingerprint density at radius 1 is 1.00 bits per heavy atom. The summed E-state index contributed by atoms with van der Waals surface area (Å²) in [4.78, 5) is 13.1. The summed E-state index contributed by atoms with van der Waals surface area (Å²) in [5.41, 5.74) is 3.96. The van der Waals surface area contributed by atoms with E-state index in [1.54, 1.807) is 42.5 Å². The van der Waals surface area contributed by atoms with Crippen LogP contribution >= 0.6 is 11.6 Å². The highest BCUT2D eigenvalue weighted by molar-refractivity contribution is 7.92. The summed E-state index contributed by atoms with van der Waals surface area (Å²) in [7, 11) is -3.99. The van der Waals surface area contributed by atoms with E-state index in [0.29, 0.717) is 0 Å². The number of anilines is 1. The Labute approximate surface area is 194 Å². The summed E-state index contributed by atoms with van der Waals surface area (Å²) in [6.45, 7) is 1.52. The minimum Gasteiger partial charge on any atom is -0.348 e. The highest BCUT2D eigenvalue weighted by atomic mass is 35.5. The van der Waals surface area contributed by atoms with Crippen LogP contribution in [0.2, 0.25) is 5.02 Å². The number of benzene rings is 3. The van der Waals surface area contributed by atoms with E-state index in [4.69, 9.17) is 11.6 Å². The number of carbonyl (C=O) groups is 1. The number of hydrogen-bond donors (Lipinski definition) is 1. The van der Waals surface area contributed by atoms with E-state index < -0.39 is 15.9 Å². The van der Waals surface area contributed by atoms with Gasteiger partial charge in [-0.15, -0.1) is 0 Å². The van der Waals surface area contributed by atoms with Crippen LogP contribution in [0.15, 0.2) is 77.7 Å². The van der Waals surface area contributed by atoms with Crippen molar-refractivity contribution in [3.63, 3.8) is 0 Å². The Kier molecular flexibility index (Phi) is 6.53. The molecule has 1 aliphatic rings. The van der Waals surface area contributed by atoms with Crippen LogP contribution in [0.5, 0.6) is 0 Å². The summed E-state index contributed by atoms with van der Waals surface area (Å²) in [6, 6.07) is 20.7. The number of para-hydroxylation sites is 1. The average molecular weight is 469 g/mol. The van der Waals surface area contributed by atoms with Gasteiger partial charge < -0.3 is 5.32 Å². The number of halogens is 1. The fourth-order valence-electron chi connectivity index (χ4n) is 4.04. The van der Waals surface area contributed by atoms with Crippen molar-refractivity contribution < 1.29 is 13.2 Å². The molecule has 7 heteroatoms. The molecule has 0 aliphatic heterocycles. The predicted molar refractivity (Wildman–Crippen MR) is 127 cm³/mol. The molecule has 1 atom stereocenters. The first-order valence-electron chi connectivity index (χ1n) is 10.6. The molecule has 5 nitrogen and oxygen atoms in total. The second-order valence-corrected chi connectivity index (χ2v) is 10.2. The van der Waals surface area contributed by atoms with E-state index in [0.717, 1.165) is 29.1 Å². The smallest absolute Gasteiger partial charge is 0.264 e. The van der Waals surface area contributed by atoms with Crippen LogP contribution in [0.1, 0.15) is 36.1 Å². The number of aryl methyl sites for hydroxylation is 2. The number of hydrogen-bond acceptors (Lipinski definition) is 3. The Hall–Kier alpha value is -2.83. The SMILES string of the molecule is C[C@H](NC(=O)CN(c1ccccc1Cl)S(=O)(=O)c1ccccc1)c1ccc2c(c1)CCC2. The van der Waals surface area contributed by atoms with Gasteiger partial charge in [0.15, 0.2) is 0 Å². The van der Waals surface area contributed by atoms with E-state index in [1.807, 2.05) is 13.0 Å². The monoisotopic (exact) mass is 468 g/mol. The number of nitrogens with zero attached hydrogens (tertiary/aromatic N) is 1. The third kappa shape index (κ3) is 4.66. The first-order chi connectivity index (χ1) is 15.4. The molecule has 0 spiro atoms. The molecule has 0 bridgehead atoms. The van der Waals surface area contributed by atoms with E-state index in [2.05, 4.69) is 17.4 Å². The van der Waals surface area contributed by atoms with Crippen molar-refractivity contribution in [2.75, 3.05) is 10.8 Å². The summed E-state index contributed by atoms with van der Waals surface area (Å²) in [5.74, 6) is -0.405. The standard InChI is InChI=1S/C25H25ClN2O3S/c1-18(20-15-14-19-8-7-9-21(19)16-20)27-25(29)17-28(24-13-6-5-12-23(24)26)32(30,31)22-10-3-2-4-11-22/h2-6,10-16,18H,7-9,17H2,1H3,(H,27,29)/t18-/m0/s1. The minimum absolute atomic E-state index is 0.0967. The van der Waals surface area contributed by atoms with Gasteiger partial charge in [0.1, 0.15) is 6.54 Å². The molecule has 0 heterocycles. The summed E-state index contributed by atoms with van der Waals surface area (Å²) in [6.07, 6.45) is 3.31. The predicted octanol–water partition coefficient (Wildman–Crippen LogP) is 4.90. The quantitative estimate of drug-likeness (QED) is 0.536. The lowest BCUT2D eigenvalue weighted by Crippen LogP contribution is -2.41. The van der Waals surface area contributed by atoms with E-state index in [9.17, 15) is 13.2 Å². The van der Waals surface area contributed by atoms with Gasteiger partial charge in [0.25, 0.3) is 10.0 Å². The topological polar surface area (TPSA) is 66.5 Å². The minimum atomic E-state index is -3.99. The van der Waals surface area contributed by atoms with E-state index in [1.165, 1.54) is 23.3 Å². The molecule has 3 aromatic carbocycles. The van der Waals surface area contributed by atoms with Crippen molar-refractivity contribution in [3.8, 4) is 0 Å². The number of fused-ring (bicyclic) bond motifs is 1. The molecule has 0 aromatic heterocycles. The van der Waals surface area contributed by atoms with Crippen LogP contribution < -0.4 is 9.62 Å². The highest BCUT2D eigenvalue weighted by Crippen LogP contribution is 2.30. The largest absolute Gasteiger partial charge is 0.348 e. The molecule has 166 valence electrons. The van der Waals surface area contributed by atoms with E-state index in [-0.39, 0.29) is 28.2 Å². The fourth-order valence-corrected chi connectivity index (χ4v) is 5.78. The number of carbonyl (C=O) groups excluding carboxylic acids is 1. The Balaban J connectivity index is 1.58. The molecule has 1 N–H and O–H groups in total. The van der Waals surface area contributed by atoms with Gasteiger partial charge >= 0.3 is 0 Å². The molecule has 4 rings (SSSR count). The summed E-state index contributed by atoms with van der Waals surface area (Å²) >= 11 is 6.31. The number of sulfonamides is 1. The maximum absolute atomic E-state index is 13.4. The Morgan fingerprint density at radius 3 is 2.44 bits per heavy atom. The molecular weight excluding hydrogens is 444 g/mol. The fraction of sp³-hybridized carbons (Fsp3) is 0.240. The molecule has 0 unspecified atom stereocenters. The second-order valence-electron chi connectivity index (χ2n) is 7.95. The van der Waals surface area contributed by atoms with Gasteiger partial charge in [0.2, 0.25) is 5.91 Å². The maximum atomic E-state index is 13.4. The maximum Gasteiger partial charge on any atom is 0.264 e. The van der Waals surface area contributed by atoms with E-state index >= 15 is 0 Å². The number of amides is 1. The van der Waals surface area contributed by atoms with Crippen LogP contribution in [-0.2, 0) is 27.7 Å². The van der Waals surface area contributed by atoms with Gasteiger partial charge in [-0.3, -0.25) is 9.10 Å². The zero-order valence-electron chi connectivity index (χ0n) is 17.8. The van der Waals surface area contributed by atoms with Crippen LogP contribution in [0, 0.1) is 0 Å². The molecule has 3 aromatic rings. The molecular formula is C25H25ClN2O3S. The molecule has 1 amide bonds. The first kappa shape index (κ1) is 22.4. The normalized spacial score (nSPS) is 13.9. The molecule has 0 saturated heterocycles. The lowest BCUT2D eigenvalue weighted by Gasteiger charge is -2.26. The van der Waals surface area contributed by atoms with Crippen molar-refractivity contribution >= 4 is 33.2 Å². The zero-order chi connectivity index (χ0) is 22.7. The molecule has 0 radical (unpaired) electrons. The van der Waals surface area contributed by atoms with Gasteiger partial charge in [0.05, 0.1) is 21.6 Å². The van der Waals surface area contributed by atoms with Gasteiger partial charge in [-0.25, -0.2) is 8.42 Å². The highest BCUT2D eigenvalue weighted by Gasteiger charge is 2.29. The van der Waals surface area contributed by atoms with Crippen LogP contribution in [0.25, 0.3) is 0 Å². The number of nitrogens with one attached hydrogen (secondary N) is 1. The molecule has 0 saturated carbocycles. The second kappa shape index (κ2) is 9.35. The number of rotatable bonds is 7. The van der Waals surface area contributed by atoms with Gasteiger partial charge in [0, 0.05) is 0 Å². The van der Waals surface area contributed by atoms with Crippen molar-refractivity contribution in [3.05, 3.63) is 94.5 Å². The van der Waals surface area contributed by atoms with Crippen molar-refractivity contribution in [2.24, 2.45) is 0 Å². The lowest BCUT2D eigenvalue weighted by atomic mass is 10.0.